The topological polar surface area (TPSA) is 49.6 Å². The molecule has 16 heavy (non-hydrogen) atoms. The molecule has 0 aromatic carbocycles. The molecule has 2 N–H and O–H groups in total. The minimum Gasteiger partial charge on any atom is -0.335 e. The Balaban J connectivity index is 2.73. The minimum absolute atomic E-state index is 0.0790. The maximum absolute atomic E-state index is 12.1. The fraction of sp³-hybridized carbons (Fsp3) is 0.917. The molecule has 1 amide bonds. The van der Waals surface area contributed by atoms with Gasteiger partial charge in [-0.2, -0.15) is 0 Å². The van der Waals surface area contributed by atoms with E-state index >= 15 is 0 Å². The predicted octanol–water partition coefficient (Wildman–Crippen LogP) is 0.665. The Hall–Kier alpha value is -0.610. The lowest BCUT2D eigenvalue weighted by molar-refractivity contribution is -0.137. The van der Waals surface area contributed by atoms with Crippen LogP contribution in [0.25, 0.3) is 0 Å². The summed E-state index contributed by atoms with van der Waals surface area (Å²) < 4.78 is 0. The van der Waals surface area contributed by atoms with E-state index < -0.39 is 6.04 Å². The van der Waals surface area contributed by atoms with E-state index in [0.717, 1.165) is 25.9 Å². The Morgan fingerprint density at radius 2 is 2.06 bits per heavy atom. The summed E-state index contributed by atoms with van der Waals surface area (Å²) in [5.41, 5.74) is 5.71. The molecule has 0 radical (unpaired) electrons. The van der Waals surface area contributed by atoms with Crippen LogP contribution in [0, 0.1) is 0 Å². The molecule has 4 nitrogen and oxygen atoms in total. The minimum atomic E-state index is -0.394. The van der Waals surface area contributed by atoms with E-state index in [1.807, 2.05) is 4.90 Å². The van der Waals surface area contributed by atoms with Gasteiger partial charge in [0.15, 0.2) is 0 Å². The van der Waals surface area contributed by atoms with Gasteiger partial charge in [0.25, 0.3) is 0 Å². The van der Waals surface area contributed by atoms with Crippen molar-refractivity contribution in [2.24, 2.45) is 5.73 Å². The number of hydrogen-bond acceptors (Lipinski definition) is 3. The summed E-state index contributed by atoms with van der Waals surface area (Å²) >= 11 is 0. The van der Waals surface area contributed by atoms with E-state index in [0.29, 0.717) is 6.04 Å². The summed E-state index contributed by atoms with van der Waals surface area (Å²) in [6, 6.07) is 0.168. The van der Waals surface area contributed by atoms with Crippen molar-refractivity contribution in [3.05, 3.63) is 0 Å². The van der Waals surface area contributed by atoms with Crippen LogP contribution in [0.4, 0.5) is 0 Å². The highest BCUT2D eigenvalue weighted by molar-refractivity contribution is 5.81. The Morgan fingerprint density at radius 1 is 1.44 bits per heavy atom. The van der Waals surface area contributed by atoms with Gasteiger partial charge in [-0.25, -0.2) is 0 Å². The summed E-state index contributed by atoms with van der Waals surface area (Å²) in [4.78, 5) is 16.3. The number of likely N-dealkylation sites (N-methyl/N-ethyl adjacent to an activating group) is 1. The molecule has 4 heteroatoms. The van der Waals surface area contributed by atoms with Crippen molar-refractivity contribution in [3.63, 3.8) is 0 Å². The number of piperidine rings is 1. The van der Waals surface area contributed by atoms with Gasteiger partial charge in [0.2, 0.25) is 5.91 Å². The fourth-order valence-electron chi connectivity index (χ4n) is 2.46. The van der Waals surface area contributed by atoms with Gasteiger partial charge in [0.1, 0.15) is 0 Å². The third-order valence-electron chi connectivity index (χ3n) is 3.19. The highest BCUT2D eigenvalue weighted by atomic mass is 16.2. The molecule has 0 aromatic rings. The van der Waals surface area contributed by atoms with Crippen LogP contribution in [-0.2, 0) is 4.79 Å². The number of hydrogen-bond donors (Lipinski definition) is 1. The summed E-state index contributed by atoms with van der Waals surface area (Å²) in [5, 5.41) is 0. The van der Waals surface area contributed by atoms with Crippen molar-refractivity contribution in [2.45, 2.75) is 51.7 Å². The van der Waals surface area contributed by atoms with Crippen LogP contribution in [0.15, 0.2) is 0 Å². The first-order valence-electron chi connectivity index (χ1n) is 6.19. The normalized spacial score (nSPS) is 24.5. The van der Waals surface area contributed by atoms with Crippen LogP contribution in [0.3, 0.4) is 0 Å². The fourth-order valence-corrected chi connectivity index (χ4v) is 2.46. The van der Waals surface area contributed by atoms with Crippen molar-refractivity contribution in [3.8, 4) is 0 Å². The van der Waals surface area contributed by atoms with Crippen molar-refractivity contribution >= 4 is 5.91 Å². The third-order valence-corrected chi connectivity index (χ3v) is 3.19. The molecule has 94 valence electrons. The quantitative estimate of drug-likeness (QED) is 0.771. The average Bonchev–Trinajstić information content (AvgIpc) is 2.17. The van der Waals surface area contributed by atoms with Gasteiger partial charge >= 0.3 is 0 Å². The van der Waals surface area contributed by atoms with Crippen molar-refractivity contribution in [2.75, 3.05) is 20.1 Å². The lowest BCUT2D eigenvalue weighted by Gasteiger charge is -2.41. The van der Waals surface area contributed by atoms with E-state index in [4.69, 9.17) is 5.73 Å². The van der Waals surface area contributed by atoms with Crippen molar-refractivity contribution in [1.29, 1.82) is 0 Å². The zero-order chi connectivity index (χ0) is 12.3. The molecular formula is C12H25N3O. The zero-order valence-corrected chi connectivity index (χ0v) is 10.9. The molecule has 1 aliphatic rings. The van der Waals surface area contributed by atoms with Gasteiger partial charge in [0, 0.05) is 18.6 Å². The summed E-state index contributed by atoms with van der Waals surface area (Å²) in [5.74, 6) is 0.0790. The Kier molecular flexibility index (Phi) is 4.74. The van der Waals surface area contributed by atoms with Crippen LogP contribution in [0.5, 0.6) is 0 Å². The van der Waals surface area contributed by atoms with Crippen LogP contribution in [0.1, 0.15) is 33.6 Å². The first-order valence-corrected chi connectivity index (χ1v) is 6.19. The van der Waals surface area contributed by atoms with Crippen LogP contribution in [-0.4, -0.2) is 54.0 Å². The first-order chi connectivity index (χ1) is 7.43. The maximum atomic E-state index is 12.1. The molecule has 1 heterocycles. The molecule has 2 unspecified atom stereocenters. The number of carbonyl (C=O) groups excluding carboxylic acids is 1. The number of likely N-dealkylation sites (tertiary alicyclic amines) is 1. The molecule has 1 aliphatic heterocycles. The van der Waals surface area contributed by atoms with Gasteiger partial charge in [-0.3, -0.25) is 4.79 Å². The van der Waals surface area contributed by atoms with E-state index in [9.17, 15) is 4.79 Å². The molecule has 0 aromatic heterocycles. The smallest absolute Gasteiger partial charge is 0.239 e. The first kappa shape index (κ1) is 13.5. The second kappa shape index (κ2) is 5.64. The molecular weight excluding hydrogens is 202 g/mol. The highest BCUT2D eigenvalue weighted by Crippen LogP contribution is 2.18. The number of carbonyl (C=O) groups is 1. The monoisotopic (exact) mass is 227 g/mol. The second-order valence-electron chi connectivity index (χ2n) is 5.19. The Labute approximate surface area is 98.8 Å². The lowest BCUT2D eigenvalue weighted by atomic mass is 10.0. The van der Waals surface area contributed by atoms with E-state index in [-0.39, 0.29) is 11.9 Å². The average molecular weight is 227 g/mol. The maximum Gasteiger partial charge on any atom is 0.239 e. The zero-order valence-electron chi connectivity index (χ0n) is 10.9. The number of rotatable bonds is 3. The SMILES string of the molecule is CC(N)C(=O)N(C(C)C)C1CCCN(C)C1. The van der Waals surface area contributed by atoms with Gasteiger partial charge in [-0.15, -0.1) is 0 Å². The lowest BCUT2D eigenvalue weighted by Crippen LogP contribution is -2.55. The Morgan fingerprint density at radius 3 is 2.50 bits per heavy atom. The van der Waals surface area contributed by atoms with Crippen LogP contribution < -0.4 is 5.73 Å². The van der Waals surface area contributed by atoms with Crippen LogP contribution in [0.2, 0.25) is 0 Å². The van der Waals surface area contributed by atoms with Gasteiger partial charge in [0.05, 0.1) is 6.04 Å². The standard InChI is InChI=1S/C12H25N3O/c1-9(2)15(12(16)10(3)13)11-6-5-7-14(4)8-11/h9-11H,5-8,13H2,1-4H3. The summed E-state index contributed by atoms with van der Waals surface area (Å²) in [6.07, 6.45) is 2.26. The van der Waals surface area contributed by atoms with Gasteiger partial charge < -0.3 is 15.5 Å². The van der Waals surface area contributed by atoms with Crippen molar-refractivity contribution in [1.82, 2.24) is 9.80 Å². The molecule has 0 saturated carbocycles. The second-order valence-corrected chi connectivity index (χ2v) is 5.19. The molecule has 2 atom stereocenters. The summed E-state index contributed by atoms with van der Waals surface area (Å²) in [7, 11) is 2.11. The van der Waals surface area contributed by atoms with Gasteiger partial charge in [-0.05, 0) is 47.2 Å². The molecule has 0 bridgehead atoms. The Bertz CT molecular complexity index is 240. The van der Waals surface area contributed by atoms with E-state index in [1.54, 1.807) is 6.92 Å². The number of amides is 1. The third kappa shape index (κ3) is 3.19. The molecule has 1 rings (SSSR count). The van der Waals surface area contributed by atoms with Crippen LogP contribution >= 0.6 is 0 Å². The molecule has 1 fully saturated rings. The van der Waals surface area contributed by atoms with E-state index in [2.05, 4.69) is 25.8 Å². The molecule has 0 aliphatic carbocycles. The number of nitrogens with zero attached hydrogens (tertiary/aromatic N) is 2. The number of nitrogens with two attached hydrogens (primary N) is 1. The van der Waals surface area contributed by atoms with Gasteiger partial charge in [-0.1, -0.05) is 0 Å². The largest absolute Gasteiger partial charge is 0.335 e. The predicted molar refractivity (Wildman–Crippen MR) is 66.2 cm³/mol. The molecule has 0 spiro atoms. The summed E-state index contributed by atoms with van der Waals surface area (Å²) in [6.45, 7) is 8.00. The molecule has 1 saturated heterocycles. The van der Waals surface area contributed by atoms with Crippen molar-refractivity contribution < 1.29 is 4.79 Å². The van der Waals surface area contributed by atoms with E-state index in [1.165, 1.54) is 0 Å². The highest BCUT2D eigenvalue weighted by Gasteiger charge is 2.30.